The van der Waals surface area contributed by atoms with Crippen molar-refractivity contribution in [2.75, 3.05) is 0 Å². The summed E-state index contributed by atoms with van der Waals surface area (Å²) < 4.78 is 1.98. The molecular formula is C15H21N5. The molecule has 1 aromatic carbocycles. The molecule has 0 saturated carbocycles. The number of nitrogens with one attached hydrogen (secondary N) is 1. The van der Waals surface area contributed by atoms with E-state index in [-0.39, 0.29) is 6.04 Å². The third-order valence-electron chi connectivity index (χ3n) is 4.13. The van der Waals surface area contributed by atoms with Crippen molar-refractivity contribution in [1.29, 1.82) is 0 Å². The lowest BCUT2D eigenvalue weighted by atomic mass is 9.73. The van der Waals surface area contributed by atoms with Crippen molar-refractivity contribution in [2.24, 2.45) is 5.84 Å². The molecule has 1 aromatic heterocycles. The van der Waals surface area contributed by atoms with Gasteiger partial charge in [-0.15, -0.1) is 0 Å². The summed E-state index contributed by atoms with van der Waals surface area (Å²) in [6, 6.07) is 8.80. The Bertz CT molecular complexity index is 577. The molecule has 106 valence electrons. The van der Waals surface area contributed by atoms with Crippen LogP contribution in [0.2, 0.25) is 0 Å². The van der Waals surface area contributed by atoms with Crippen LogP contribution in [0.1, 0.15) is 36.2 Å². The van der Waals surface area contributed by atoms with Crippen molar-refractivity contribution in [1.82, 2.24) is 20.2 Å². The van der Waals surface area contributed by atoms with Crippen molar-refractivity contribution in [3.63, 3.8) is 0 Å². The average molecular weight is 271 g/mol. The van der Waals surface area contributed by atoms with Gasteiger partial charge in [0.1, 0.15) is 12.2 Å². The van der Waals surface area contributed by atoms with Crippen LogP contribution in [0.15, 0.2) is 30.6 Å². The fraction of sp³-hybridized carbons (Fsp3) is 0.467. The van der Waals surface area contributed by atoms with Crippen LogP contribution in [-0.2, 0) is 19.4 Å². The molecule has 5 nitrogen and oxygen atoms in total. The van der Waals surface area contributed by atoms with Crippen LogP contribution in [0.3, 0.4) is 0 Å². The van der Waals surface area contributed by atoms with E-state index in [2.05, 4.69) is 46.7 Å². The number of nitrogens with two attached hydrogens (primary N) is 1. The number of hydrazine groups is 1. The minimum atomic E-state index is 0.213. The maximum atomic E-state index is 5.77. The quantitative estimate of drug-likeness (QED) is 0.615. The molecule has 0 saturated heterocycles. The van der Waals surface area contributed by atoms with E-state index < -0.39 is 0 Å². The van der Waals surface area contributed by atoms with E-state index in [0.717, 1.165) is 31.6 Å². The van der Waals surface area contributed by atoms with E-state index in [9.17, 15) is 0 Å². The second-order valence-electron chi connectivity index (χ2n) is 5.39. The van der Waals surface area contributed by atoms with Gasteiger partial charge in [-0.05, 0) is 24.0 Å². The van der Waals surface area contributed by atoms with Crippen LogP contribution in [0.4, 0.5) is 0 Å². The summed E-state index contributed by atoms with van der Waals surface area (Å²) in [4.78, 5) is 4.38. The smallest absolute Gasteiger partial charge is 0.138 e. The van der Waals surface area contributed by atoms with Gasteiger partial charge in [0.05, 0.1) is 0 Å². The van der Waals surface area contributed by atoms with Gasteiger partial charge in [-0.2, -0.15) is 5.10 Å². The van der Waals surface area contributed by atoms with Crippen LogP contribution in [0.25, 0.3) is 0 Å². The number of aromatic nitrogens is 3. The van der Waals surface area contributed by atoms with Crippen LogP contribution in [-0.4, -0.2) is 20.8 Å². The summed E-state index contributed by atoms with van der Waals surface area (Å²) in [6.07, 6.45) is 4.60. The molecule has 2 unspecified atom stereocenters. The highest BCUT2D eigenvalue weighted by atomic mass is 15.3. The minimum absolute atomic E-state index is 0.213. The molecule has 3 N–H and O–H groups in total. The predicted molar refractivity (Wildman–Crippen MR) is 78.0 cm³/mol. The first-order chi connectivity index (χ1) is 9.83. The Kier molecular flexibility index (Phi) is 3.80. The van der Waals surface area contributed by atoms with Gasteiger partial charge in [0.2, 0.25) is 0 Å². The molecule has 20 heavy (non-hydrogen) atoms. The molecule has 2 aromatic rings. The molecule has 3 rings (SSSR count). The zero-order valence-electron chi connectivity index (χ0n) is 11.8. The highest BCUT2D eigenvalue weighted by Gasteiger charge is 2.32. The van der Waals surface area contributed by atoms with Gasteiger partial charge >= 0.3 is 0 Å². The lowest BCUT2D eigenvalue weighted by molar-refractivity contribution is 0.389. The third kappa shape index (κ3) is 2.34. The SMILES string of the molecule is CCCn1ncnc1CC(NN)C1Cc2ccccc21. The summed E-state index contributed by atoms with van der Waals surface area (Å²) in [5.74, 6) is 7.26. The van der Waals surface area contributed by atoms with Gasteiger partial charge < -0.3 is 0 Å². The third-order valence-corrected chi connectivity index (χ3v) is 4.13. The van der Waals surface area contributed by atoms with E-state index in [1.807, 2.05) is 4.68 Å². The zero-order valence-corrected chi connectivity index (χ0v) is 11.8. The van der Waals surface area contributed by atoms with Gasteiger partial charge in [0.15, 0.2) is 0 Å². The van der Waals surface area contributed by atoms with Crippen molar-refractivity contribution in [3.8, 4) is 0 Å². The van der Waals surface area contributed by atoms with Crippen LogP contribution >= 0.6 is 0 Å². The first-order valence-electron chi connectivity index (χ1n) is 7.24. The molecule has 1 heterocycles. The number of fused-ring (bicyclic) bond motifs is 1. The minimum Gasteiger partial charge on any atom is -0.271 e. The fourth-order valence-corrected chi connectivity index (χ4v) is 3.02. The number of hydrogen-bond donors (Lipinski definition) is 2. The molecule has 5 heteroatoms. The van der Waals surface area contributed by atoms with E-state index in [1.165, 1.54) is 11.1 Å². The molecule has 1 aliphatic carbocycles. The predicted octanol–water partition coefficient (Wildman–Crippen LogP) is 1.40. The molecule has 0 bridgehead atoms. The zero-order chi connectivity index (χ0) is 13.9. The summed E-state index contributed by atoms with van der Waals surface area (Å²) in [5, 5.41) is 4.28. The number of rotatable bonds is 6. The van der Waals surface area contributed by atoms with Gasteiger partial charge in [-0.1, -0.05) is 31.2 Å². The van der Waals surface area contributed by atoms with Crippen LogP contribution in [0.5, 0.6) is 0 Å². The largest absolute Gasteiger partial charge is 0.271 e. The molecule has 2 atom stereocenters. The van der Waals surface area contributed by atoms with E-state index >= 15 is 0 Å². The number of benzene rings is 1. The monoisotopic (exact) mass is 271 g/mol. The van der Waals surface area contributed by atoms with Crippen molar-refractivity contribution < 1.29 is 0 Å². The molecular weight excluding hydrogens is 250 g/mol. The molecule has 0 spiro atoms. The van der Waals surface area contributed by atoms with E-state index in [1.54, 1.807) is 6.33 Å². The number of nitrogens with zero attached hydrogens (tertiary/aromatic N) is 3. The summed E-state index contributed by atoms with van der Waals surface area (Å²) in [5.41, 5.74) is 5.82. The first kappa shape index (κ1) is 13.3. The Labute approximate surface area is 119 Å². The fourth-order valence-electron chi connectivity index (χ4n) is 3.02. The Hall–Kier alpha value is -1.72. The highest BCUT2D eigenvalue weighted by Crippen LogP contribution is 2.37. The normalized spacial score (nSPS) is 18.4. The van der Waals surface area contributed by atoms with E-state index in [0.29, 0.717) is 5.92 Å². The molecule has 0 aliphatic heterocycles. The molecule has 0 fully saturated rings. The molecule has 0 amide bonds. The number of hydrogen-bond acceptors (Lipinski definition) is 4. The molecule has 0 radical (unpaired) electrons. The van der Waals surface area contributed by atoms with Crippen LogP contribution in [0, 0.1) is 0 Å². The maximum Gasteiger partial charge on any atom is 0.138 e. The average Bonchev–Trinajstić information content (AvgIpc) is 2.87. The highest BCUT2D eigenvalue weighted by molar-refractivity contribution is 5.41. The van der Waals surface area contributed by atoms with Gasteiger partial charge in [-0.3, -0.25) is 16.0 Å². The second kappa shape index (κ2) is 5.73. The van der Waals surface area contributed by atoms with Crippen molar-refractivity contribution >= 4 is 0 Å². The van der Waals surface area contributed by atoms with Crippen molar-refractivity contribution in [3.05, 3.63) is 47.5 Å². The number of aryl methyl sites for hydroxylation is 1. The van der Waals surface area contributed by atoms with Crippen molar-refractivity contribution in [2.45, 2.75) is 44.7 Å². The molecule has 1 aliphatic rings. The first-order valence-corrected chi connectivity index (χ1v) is 7.24. The lowest BCUT2D eigenvalue weighted by Crippen LogP contribution is -2.45. The van der Waals surface area contributed by atoms with Gasteiger partial charge in [0.25, 0.3) is 0 Å². The van der Waals surface area contributed by atoms with Gasteiger partial charge in [-0.25, -0.2) is 4.98 Å². The lowest BCUT2D eigenvalue weighted by Gasteiger charge is -2.36. The maximum absolute atomic E-state index is 5.77. The Morgan fingerprint density at radius 2 is 2.30 bits per heavy atom. The Balaban J connectivity index is 1.74. The van der Waals surface area contributed by atoms with Crippen LogP contribution < -0.4 is 11.3 Å². The summed E-state index contributed by atoms with van der Waals surface area (Å²) in [7, 11) is 0. The topological polar surface area (TPSA) is 68.8 Å². The van der Waals surface area contributed by atoms with E-state index in [4.69, 9.17) is 5.84 Å². The van der Waals surface area contributed by atoms with Gasteiger partial charge in [0, 0.05) is 24.9 Å². The Morgan fingerprint density at radius 3 is 3.05 bits per heavy atom. The summed E-state index contributed by atoms with van der Waals surface area (Å²) in [6.45, 7) is 3.06. The Morgan fingerprint density at radius 1 is 1.45 bits per heavy atom. The second-order valence-corrected chi connectivity index (χ2v) is 5.39. The standard InChI is InChI=1S/C15H21N5/c1-2-7-20-15(17-10-18-20)9-14(19-16)13-8-11-5-3-4-6-12(11)13/h3-6,10,13-14,19H,2,7-9,16H2,1H3. The summed E-state index contributed by atoms with van der Waals surface area (Å²) >= 11 is 0.